The molecule has 0 atom stereocenters. The zero-order chi connectivity index (χ0) is 14.3. The predicted octanol–water partition coefficient (Wildman–Crippen LogP) is 1.95. The Morgan fingerprint density at radius 1 is 0.944 bits per heavy atom. The number of nitrogens with one attached hydrogen (secondary N) is 2. The van der Waals surface area contributed by atoms with Gasteiger partial charge >= 0.3 is 0 Å². The molecule has 0 saturated carbocycles. The zero-order valence-corrected chi connectivity index (χ0v) is 12.6. The Hall–Kier alpha value is -1.06. The van der Waals surface area contributed by atoms with Crippen molar-refractivity contribution in [2.45, 2.75) is 48.0 Å². The second kappa shape index (κ2) is 7.39. The maximum atomic E-state index is 12.0. The van der Waals surface area contributed by atoms with E-state index in [0.29, 0.717) is 24.9 Å². The van der Waals surface area contributed by atoms with Crippen molar-refractivity contribution in [1.82, 2.24) is 10.6 Å². The van der Waals surface area contributed by atoms with Crippen LogP contribution in [0.5, 0.6) is 0 Å². The Kier molecular flexibility index (Phi) is 6.96. The van der Waals surface area contributed by atoms with Crippen molar-refractivity contribution in [3.05, 3.63) is 0 Å². The van der Waals surface area contributed by atoms with E-state index in [0.717, 1.165) is 6.42 Å². The van der Waals surface area contributed by atoms with Gasteiger partial charge in [0.05, 0.1) is 0 Å². The van der Waals surface area contributed by atoms with Crippen LogP contribution in [0.15, 0.2) is 0 Å². The molecule has 0 aromatic carbocycles. The van der Waals surface area contributed by atoms with E-state index in [9.17, 15) is 9.59 Å². The first-order valence-electron chi connectivity index (χ1n) is 6.74. The lowest BCUT2D eigenvalue weighted by atomic mass is 9.90. The third kappa shape index (κ3) is 6.03. The van der Waals surface area contributed by atoms with E-state index in [2.05, 4.69) is 24.5 Å². The summed E-state index contributed by atoms with van der Waals surface area (Å²) in [7, 11) is 0. The SMILES string of the molecule is CC(C)CCNC(=O)C(C)(C)C(=O)NCC(C)C. The number of carbonyl (C=O) groups is 2. The summed E-state index contributed by atoms with van der Waals surface area (Å²) in [6.07, 6.45) is 0.926. The summed E-state index contributed by atoms with van der Waals surface area (Å²) in [4.78, 5) is 23.9. The van der Waals surface area contributed by atoms with Crippen LogP contribution in [0.1, 0.15) is 48.0 Å². The molecular formula is C14H28N2O2. The lowest BCUT2D eigenvalue weighted by molar-refractivity contribution is -0.141. The fourth-order valence-corrected chi connectivity index (χ4v) is 1.32. The van der Waals surface area contributed by atoms with Crippen LogP contribution in [0.2, 0.25) is 0 Å². The minimum atomic E-state index is -1.01. The largest absolute Gasteiger partial charge is 0.355 e. The highest BCUT2D eigenvalue weighted by atomic mass is 16.2. The summed E-state index contributed by atoms with van der Waals surface area (Å²) in [5.41, 5.74) is -1.01. The van der Waals surface area contributed by atoms with Gasteiger partial charge in [0.15, 0.2) is 0 Å². The molecule has 0 aromatic rings. The zero-order valence-electron chi connectivity index (χ0n) is 12.6. The van der Waals surface area contributed by atoms with E-state index in [1.165, 1.54) is 0 Å². The summed E-state index contributed by atoms with van der Waals surface area (Å²) in [6, 6.07) is 0. The number of amides is 2. The van der Waals surface area contributed by atoms with Crippen molar-refractivity contribution in [3.8, 4) is 0 Å². The van der Waals surface area contributed by atoms with Gasteiger partial charge in [-0.1, -0.05) is 27.7 Å². The molecule has 0 fully saturated rings. The fourth-order valence-electron chi connectivity index (χ4n) is 1.32. The van der Waals surface area contributed by atoms with Crippen LogP contribution in [0.4, 0.5) is 0 Å². The van der Waals surface area contributed by atoms with E-state index in [-0.39, 0.29) is 11.8 Å². The van der Waals surface area contributed by atoms with Gasteiger partial charge in [-0.3, -0.25) is 9.59 Å². The minimum Gasteiger partial charge on any atom is -0.355 e. The molecule has 4 heteroatoms. The quantitative estimate of drug-likeness (QED) is 0.684. The molecule has 4 nitrogen and oxygen atoms in total. The van der Waals surface area contributed by atoms with Gasteiger partial charge in [0, 0.05) is 13.1 Å². The molecule has 0 aliphatic carbocycles. The molecule has 0 unspecified atom stereocenters. The average Bonchev–Trinajstić information content (AvgIpc) is 2.24. The van der Waals surface area contributed by atoms with Gasteiger partial charge in [0.2, 0.25) is 11.8 Å². The smallest absolute Gasteiger partial charge is 0.235 e. The average molecular weight is 256 g/mol. The topological polar surface area (TPSA) is 58.2 Å². The molecular weight excluding hydrogens is 228 g/mol. The summed E-state index contributed by atoms with van der Waals surface area (Å²) in [5.74, 6) is 0.514. The van der Waals surface area contributed by atoms with E-state index in [1.807, 2.05) is 13.8 Å². The van der Waals surface area contributed by atoms with Gasteiger partial charge in [0.25, 0.3) is 0 Å². The van der Waals surface area contributed by atoms with Crippen LogP contribution >= 0.6 is 0 Å². The van der Waals surface area contributed by atoms with Gasteiger partial charge in [-0.25, -0.2) is 0 Å². The summed E-state index contributed by atoms with van der Waals surface area (Å²) >= 11 is 0. The second-order valence-corrected chi connectivity index (χ2v) is 6.17. The monoisotopic (exact) mass is 256 g/mol. The predicted molar refractivity (Wildman–Crippen MR) is 74.1 cm³/mol. The lowest BCUT2D eigenvalue weighted by Crippen LogP contribution is -2.48. The first-order chi connectivity index (χ1) is 8.17. The molecule has 0 aliphatic heterocycles. The maximum absolute atomic E-state index is 12.0. The highest BCUT2D eigenvalue weighted by Gasteiger charge is 2.35. The Morgan fingerprint density at radius 3 is 1.89 bits per heavy atom. The molecule has 0 rings (SSSR count). The Balaban J connectivity index is 4.24. The number of rotatable bonds is 7. The molecule has 106 valence electrons. The van der Waals surface area contributed by atoms with Crippen LogP contribution in [-0.4, -0.2) is 24.9 Å². The van der Waals surface area contributed by atoms with E-state index in [1.54, 1.807) is 13.8 Å². The number of carbonyl (C=O) groups excluding carboxylic acids is 2. The summed E-state index contributed by atoms with van der Waals surface area (Å²) in [6.45, 7) is 12.8. The molecule has 0 radical (unpaired) electrons. The minimum absolute atomic E-state index is 0.204. The summed E-state index contributed by atoms with van der Waals surface area (Å²) in [5, 5.41) is 5.63. The Bertz CT molecular complexity index is 284. The molecule has 18 heavy (non-hydrogen) atoms. The molecule has 0 saturated heterocycles. The first kappa shape index (κ1) is 16.9. The van der Waals surface area contributed by atoms with Crippen molar-refractivity contribution in [2.24, 2.45) is 17.3 Å². The molecule has 0 heterocycles. The van der Waals surface area contributed by atoms with Crippen molar-refractivity contribution in [3.63, 3.8) is 0 Å². The second-order valence-electron chi connectivity index (χ2n) is 6.17. The molecule has 2 amide bonds. The van der Waals surface area contributed by atoms with Crippen LogP contribution in [-0.2, 0) is 9.59 Å². The standard InChI is InChI=1S/C14H28N2O2/c1-10(2)7-8-15-12(17)14(5,6)13(18)16-9-11(3)4/h10-11H,7-9H2,1-6H3,(H,15,17)(H,16,18). The fraction of sp³-hybridized carbons (Fsp3) is 0.857. The highest BCUT2D eigenvalue weighted by molar-refractivity contribution is 6.04. The van der Waals surface area contributed by atoms with Crippen molar-refractivity contribution in [1.29, 1.82) is 0 Å². The first-order valence-corrected chi connectivity index (χ1v) is 6.74. The number of hydrogen-bond donors (Lipinski definition) is 2. The van der Waals surface area contributed by atoms with Crippen molar-refractivity contribution < 1.29 is 9.59 Å². The van der Waals surface area contributed by atoms with E-state index >= 15 is 0 Å². The number of hydrogen-bond acceptors (Lipinski definition) is 2. The third-order valence-corrected chi connectivity index (χ3v) is 2.81. The van der Waals surface area contributed by atoms with Gasteiger partial charge < -0.3 is 10.6 Å². The van der Waals surface area contributed by atoms with Crippen LogP contribution in [0.3, 0.4) is 0 Å². The van der Waals surface area contributed by atoms with Crippen molar-refractivity contribution in [2.75, 3.05) is 13.1 Å². The van der Waals surface area contributed by atoms with E-state index in [4.69, 9.17) is 0 Å². The van der Waals surface area contributed by atoms with Crippen molar-refractivity contribution >= 4 is 11.8 Å². The van der Waals surface area contributed by atoms with Crippen LogP contribution in [0, 0.1) is 17.3 Å². The van der Waals surface area contributed by atoms with Gasteiger partial charge in [0.1, 0.15) is 5.41 Å². The lowest BCUT2D eigenvalue weighted by Gasteiger charge is -2.23. The molecule has 2 N–H and O–H groups in total. The Morgan fingerprint density at radius 2 is 1.44 bits per heavy atom. The van der Waals surface area contributed by atoms with Gasteiger partial charge in [-0.15, -0.1) is 0 Å². The molecule has 0 bridgehead atoms. The highest BCUT2D eigenvalue weighted by Crippen LogP contribution is 2.15. The van der Waals surface area contributed by atoms with Gasteiger partial charge in [-0.2, -0.15) is 0 Å². The molecule has 0 spiro atoms. The molecule has 0 aliphatic rings. The Labute approximate surface area is 111 Å². The maximum Gasteiger partial charge on any atom is 0.235 e. The normalized spacial score (nSPS) is 11.8. The van der Waals surface area contributed by atoms with E-state index < -0.39 is 5.41 Å². The van der Waals surface area contributed by atoms with Crippen LogP contribution in [0.25, 0.3) is 0 Å². The summed E-state index contributed by atoms with van der Waals surface area (Å²) < 4.78 is 0. The van der Waals surface area contributed by atoms with Gasteiger partial charge in [-0.05, 0) is 32.1 Å². The van der Waals surface area contributed by atoms with Crippen LogP contribution < -0.4 is 10.6 Å². The molecule has 0 aromatic heterocycles. The third-order valence-electron chi connectivity index (χ3n) is 2.81.